The van der Waals surface area contributed by atoms with E-state index in [1.165, 1.54) is 17.0 Å². The number of aliphatic hydroxyl groups excluding tert-OH is 1. The van der Waals surface area contributed by atoms with E-state index >= 15 is 0 Å². The topological polar surface area (TPSA) is 83.4 Å². The summed E-state index contributed by atoms with van der Waals surface area (Å²) in [6.07, 6.45) is 3.12. The zero-order chi connectivity index (χ0) is 26.6. The fourth-order valence-corrected chi connectivity index (χ4v) is 5.54. The fraction of sp³-hybridized carbons (Fsp3) is 0.214. The van der Waals surface area contributed by atoms with Gasteiger partial charge in [-0.05, 0) is 53.3 Å². The first kappa shape index (κ1) is 25.0. The molecular weight excluding hydrogens is 513 g/mol. The van der Waals surface area contributed by atoms with Crippen molar-refractivity contribution in [3.63, 3.8) is 0 Å². The fourth-order valence-electron chi connectivity index (χ4n) is 4.39. The highest BCUT2D eigenvalue weighted by molar-refractivity contribution is 7.22. The van der Waals surface area contributed by atoms with Crippen LogP contribution in [0, 0.1) is 12.7 Å². The van der Waals surface area contributed by atoms with E-state index in [9.17, 15) is 19.1 Å². The van der Waals surface area contributed by atoms with Crippen molar-refractivity contribution >= 4 is 55.7 Å². The molecule has 6 nitrogen and oxygen atoms in total. The van der Waals surface area contributed by atoms with Gasteiger partial charge in [0.05, 0.1) is 26.9 Å². The zero-order valence-corrected chi connectivity index (χ0v) is 22.1. The Balaban J connectivity index is 1.74. The molecule has 1 aliphatic rings. The molecule has 2 aromatic carbocycles. The van der Waals surface area contributed by atoms with E-state index in [4.69, 9.17) is 11.6 Å². The van der Waals surface area contributed by atoms with Crippen LogP contribution in [0.5, 0.6) is 0 Å². The summed E-state index contributed by atoms with van der Waals surface area (Å²) in [5.74, 6) is -2.56. The number of halogens is 2. The number of carbonyl (C=O) groups excluding carboxylic acids is 2. The molecule has 0 aliphatic carbocycles. The number of ketones is 1. The van der Waals surface area contributed by atoms with Gasteiger partial charge in [-0.15, -0.1) is 0 Å². The van der Waals surface area contributed by atoms with Crippen molar-refractivity contribution in [2.24, 2.45) is 0 Å². The van der Waals surface area contributed by atoms with Crippen LogP contribution in [0.2, 0.25) is 5.02 Å². The van der Waals surface area contributed by atoms with Crippen LogP contribution in [0.3, 0.4) is 0 Å². The molecule has 1 aliphatic heterocycles. The average molecular weight is 536 g/mol. The monoisotopic (exact) mass is 535 g/mol. The van der Waals surface area contributed by atoms with E-state index in [-0.39, 0.29) is 26.9 Å². The maximum absolute atomic E-state index is 14.1. The van der Waals surface area contributed by atoms with Crippen LogP contribution in [0.25, 0.3) is 16.0 Å². The van der Waals surface area contributed by atoms with Gasteiger partial charge in [0.1, 0.15) is 11.6 Å². The number of aromatic nitrogens is 2. The number of anilines is 1. The molecule has 3 heterocycles. The van der Waals surface area contributed by atoms with Gasteiger partial charge in [-0.3, -0.25) is 19.5 Å². The van der Waals surface area contributed by atoms with Gasteiger partial charge in [-0.1, -0.05) is 61.9 Å². The van der Waals surface area contributed by atoms with Gasteiger partial charge in [0.15, 0.2) is 5.13 Å². The van der Waals surface area contributed by atoms with Crippen molar-refractivity contribution in [3.8, 4) is 0 Å². The summed E-state index contributed by atoms with van der Waals surface area (Å²) in [6.45, 7) is 8.00. The number of thiazole rings is 1. The Morgan fingerprint density at radius 2 is 1.92 bits per heavy atom. The van der Waals surface area contributed by atoms with Gasteiger partial charge in [0, 0.05) is 18.0 Å². The number of fused-ring (bicyclic) bond motifs is 1. The number of benzene rings is 2. The maximum atomic E-state index is 14.1. The molecule has 0 spiro atoms. The molecule has 1 unspecified atom stereocenters. The molecule has 9 heteroatoms. The summed E-state index contributed by atoms with van der Waals surface area (Å²) in [5.41, 5.74) is 2.86. The lowest BCUT2D eigenvalue weighted by Gasteiger charge is -2.23. The molecule has 1 amide bonds. The van der Waals surface area contributed by atoms with Gasteiger partial charge >= 0.3 is 5.91 Å². The normalized spacial score (nSPS) is 17.7. The molecule has 0 saturated carbocycles. The number of pyridine rings is 1. The Labute approximate surface area is 222 Å². The second-order valence-electron chi connectivity index (χ2n) is 9.97. The molecule has 1 N–H and O–H groups in total. The zero-order valence-electron chi connectivity index (χ0n) is 20.5. The summed E-state index contributed by atoms with van der Waals surface area (Å²) < 4.78 is 14.6. The first-order valence-corrected chi connectivity index (χ1v) is 12.7. The number of aryl methyl sites for hydroxylation is 1. The van der Waals surface area contributed by atoms with Crippen LogP contribution in [0.1, 0.15) is 49.1 Å². The highest BCUT2D eigenvalue weighted by Crippen LogP contribution is 2.45. The molecule has 5 rings (SSSR count). The minimum absolute atomic E-state index is 0.0596. The van der Waals surface area contributed by atoms with E-state index in [2.05, 4.69) is 30.7 Å². The molecular formula is C28H23ClFN3O3S. The number of hydrogen-bond donors (Lipinski definition) is 1. The molecule has 0 radical (unpaired) electrons. The molecule has 1 atom stereocenters. The van der Waals surface area contributed by atoms with Crippen molar-refractivity contribution in [1.29, 1.82) is 0 Å². The maximum Gasteiger partial charge on any atom is 0.301 e. The van der Waals surface area contributed by atoms with Crippen LogP contribution in [0.4, 0.5) is 9.52 Å². The third kappa shape index (κ3) is 4.30. The predicted octanol–water partition coefficient (Wildman–Crippen LogP) is 6.72. The van der Waals surface area contributed by atoms with Gasteiger partial charge in [0.2, 0.25) is 0 Å². The lowest BCUT2D eigenvalue weighted by molar-refractivity contribution is -0.132. The number of nitrogens with zero attached hydrogens (tertiary/aromatic N) is 3. The lowest BCUT2D eigenvalue weighted by Crippen LogP contribution is -2.29. The van der Waals surface area contributed by atoms with E-state index in [1.54, 1.807) is 24.5 Å². The molecule has 188 valence electrons. The summed E-state index contributed by atoms with van der Waals surface area (Å²) >= 11 is 6.99. The first-order valence-electron chi connectivity index (χ1n) is 11.6. The van der Waals surface area contributed by atoms with Crippen LogP contribution < -0.4 is 4.90 Å². The quantitative estimate of drug-likeness (QED) is 0.179. The number of hydrogen-bond acceptors (Lipinski definition) is 6. The van der Waals surface area contributed by atoms with Gasteiger partial charge in [0.25, 0.3) is 5.78 Å². The SMILES string of the molecule is Cc1ccc(C(C)(C)C)cc1/C(O)=C1\C(=O)C(=O)N(c2nc3cc(Cl)c(F)cc3s2)C1c1cccnc1. The summed E-state index contributed by atoms with van der Waals surface area (Å²) in [5, 5.41) is 11.7. The second kappa shape index (κ2) is 9.04. The van der Waals surface area contributed by atoms with Crippen LogP contribution in [0.15, 0.2) is 60.4 Å². The van der Waals surface area contributed by atoms with E-state index in [0.29, 0.717) is 21.3 Å². The standard InChI is InChI=1S/C28H23ClFN3O3S/c1-14-7-8-16(28(2,3)4)10-17(14)24(34)22-23(15-6-5-9-31-13-15)33(26(36)25(22)35)27-32-20-11-18(29)19(30)12-21(20)37-27/h5-13,23,34H,1-4H3/b24-22+. The molecule has 1 saturated heterocycles. The van der Waals surface area contributed by atoms with Crippen LogP contribution in [-0.4, -0.2) is 26.8 Å². The van der Waals surface area contributed by atoms with Crippen LogP contribution in [-0.2, 0) is 15.0 Å². The predicted molar refractivity (Wildman–Crippen MR) is 143 cm³/mol. The third-order valence-electron chi connectivity index (χ3n) is 6.43. The Morgan fingerprint density at radius 3 is 2.59 bits per heavy atom. The lowest BCUT2D eigenvalue weighted by atomic mass is 9.84. The molecule has 37 heavy (non-hydrogen) atoms. The largest absolute Gasteiger partial charge is 0.507 e. The minimum atomic E-state index is -0.979. The Bertz CT molecular complexity index is 1570. The highest BCUT2D eigenvalue weighted by atomic mass is 35.5. The molecule has 0 bridgehead atoms. The Morgan fingerprint density at radius 1 is 1.16 bits per heavy atom. The van der Waals surface area contributed by atoms with Crippen molar-refractivity contribution in [2.75, 3.05) is 4.90 Å². The molecule has 1 fully saturated rings. The second-order valence-corrected chi connectivity index (χ2v) is 11.4. The molecule has 2 aromatic heterocycles. The number of rotatable bonds is 3. The van der Waals surface area contributed by atoms with Crippen LogP contribution >= 0.6 is 22.9 Å². The number of carbonyl (C=O) groups is 2. The minimum Gasteiger partial charge on any atom is -0.507 e. The van der Waals surface area contributed by atoms with Crippen molar-refractivity contribution < 1.29 is 19.1 Å². The summed E-state index contributed by atoms with van der Waals surface area (Å²) in [4.78, 5) is 36.8. The number of amides is 1. The average Bonchev–Trinajstić information content (AvgIpc) is 3.36. The van der Waals surface area contributed by atoms with Crippen molar-refractivity contribution in [1.82, 2.24) is 9.97 Å². The van der Waals surface area contributed by atoms with Gasteiger partial charge in [-0.2, -0.15) is 0 Å². The van der Waals surface area contributed by atoms with Crippen molar-refractivity contribution in [3.05, 3.63) is 93.5 Å². The van der Waals surface area contributed by atoms with Gasteiger partial charge < -0.3 is 5.11 Å². The van der Waals surface area contributed by atoms with E-state index < -0.39 is 23.5 Å². The van der Waals surface area contributed by atoms with Gasteiger partial charge in [-0.25, -0.2) is 9.37 Å². The smallest absolute Gasteiger partial charge is 0.301 e. The summed E-state index contributed by atoms with van der Waals surface area (Å²) in [7, 11) is 0. The van der Waals surface area contributed by atoms with E-state index in [1.807, 2.05) is 25.1 Å². The number of aliphatic hydroxyl groups is 1. The summed E-state index contributed by atoms with van der Waals surface area (Å²) in [6, 6.07) is 10.8. The Kier molecular flexibility index (Phi) is 6.12. The van der Waals surface area contributed by atoms with Crippen molar-refractivity contribution in [2.45, 2.75) is 39.2 Å². The number of Topliss-reactive ketones (excluding diaryl/α,β-unsaturated/α-hetero) is 1. The Hall–Kier alpha value is -3.62. The third-order valence-corrected chi connectivity index (χ3v) is 7.74. The molecule has 4 aromatic rings. The first-order chi connectivity index (χ1) is 17.5. The van der Waals surface area contributed by atoms with E-state index in [0.717, 1.165) is 22.5 Å². The highest BCUT2D eigenvalue weighted by Gasteiger charge is 2.48.